The summed E-state index contributed by atoms with van der Waals surface area (Å²) in [4.78, 5) is 27.1. The van der Waals surface area contributed by atoms with Gasteiger partial charge in [0.15, 0.2) is 0 Å². The third-order valence-electron chi connectivity index (χ3n) is 4.95. The molecule has 0 spiro atoms. The molecule has 5 nitrogen and oxygen atoms in total. The van der Waals surface area contributed by atoms with Crippen molar-refractivity contribution < 1.29 is 23.8 Å². The Labute approximate surface area is 175 Å². The fourth-order valence-corrected chi connectivity index (χ4v) is 3.48. The molecule has 0 aromatic heterocycles. The highest BCUT2D eigenvalue weighted by Gasteiger charge is 2.45. The number of ketones is 1. The van der Waals surface area contributed by atoms with Crippen molar-refractivity contribution in [2.75, 3.05) is 13.2 Å². The Balaban J connectivity index is 2.12. The molecule has 1 saturated heterocycles. The average Bonchev–Trinajstić information content (AvgIpc) is 3.01. The molecule has 3 rings (SSSR count). The third kappa shape index (κ3) is 4.27. The molecule has 1 N–H and O–H groups in total. The molecule has 156 valence electrons. The first-order valence-corrected chi connectivity index (χ1v) is 9.86. The highest BCUT2D eigenvalue weighted by atomic mass is 19.1. The molecule has 2 aromatic carbocycles. The fourth-order valence-electron chi connectivity index (χ4n) is 3.48. The summed E-state index contributed by atoms with van der Waals surface area (Å²) in [5.41, 5.74) is 0.910. The number of aliphatic hydroxyl groups excluding tert-OH is 1. The normalized spacial score (nSPS) is 17.9. The highest BCUT2D eigenvalue weighted by Crippen LogP contribution is 2.40. The van der Waals surface area contributed by atoms with Gasteiger partial charge in [0.05, 0.1) is 11.6 Å². The van der Waals surface area contributed by atoms with E-state index < -0.39 is 23.5 Å². The van der Waals surface area contributed by atoms with E-state index in [1.54, 1.807) is 30.3 Å². The van der Waals surface area contributed by atoms with E-state index in [2.05, 4.69) is 6.58 Å². The second-order valence-corrected chi connectivity index (χ2v) is 7.03. The average molecular weight is 409 g/mol. The number of hydrogen-bond acceptors (Lipinski definition) is 4. The molecule has 1 fully saturated rings. The minimum atomic E-state index is -0.756. The third-order valence-corrected chi connectivity index (χ3v) is 4.95. The van der Waals surface area contributed by atoms with Gasteiger partial charge in [0, 0.05) is 12.1 Å². The van der Waals surface area contributed by atoms with Gasteiger partial charge in [-0.05, 0) is 48.4 Å². The van der Waals surface area contributed by atoms with Crippen molar-refractivity contribution in [2.24, 2.45) is 0 Å². The number of benzene rings is 2. The maximum absolute atomic E-state index is 13.3. The zero-order valence-corrected chi connectivity index (χ0v) is 16.8. The Hall–Kier alpha value is -3.41. The minimum Gasteiger partial charge on any atom is -0.507 e. The molecule has 0 radical (unpaired) electrons. The van der Waals surface area contributed by atoms with E-state index in [4.69, 9.17) is 4.74 Å². The van der Waals surface area contributed by atoms with Crippen LogP contribution in [0.25, 0.3) is 5.76 Å². The second-order valence-electron chi connectivity index (χ2n) is 7.03. The molecule has 0 saturated carbocycles. The number of carbonyl (C=O) groups is 2. The lowest BCUT2D eigenvalue weighted by Gasteiger charge is -2.25. The van der Waals surface area contributed by atoms with Gasteiger partial charge >= 0.3 is 0 Å². The van der Waals surface area contributed by atoms with E-state index in [-0.39, 0.29) is 16.9 Å². The van der Waals surface area contributed by atoms with Crippen molar-refractivity contribution in [3.63, 3.8) is 0 Å². The lowest BCUT2D eigenvalue weighted by molar-refractivity contribution is -0.139. The summed E-state index contributed by atoms with van der Waals surface area (Å²) in [6, 6.07) is 11.5. The first kappa shape index (κ1) is 21.3. The fraction of sp³-hybridized carbons (Fsp3) is 0.250. The van der Waals surface area contributed by atoms with Crippen molar-refractivity contribution >= 4 is 17.4 Å². The van der Waals surface area contributed by atoms with Gasteiger partial charge in [-0.3, -0.25) is 9.59 Å². The van der Waals surface area contributed by atoms with Crippen LogP contribution in [-0.2, 0) is 9.59 Å². The predicted molar refractivity (Wildman–Crippen MR) is 112 cm³/mol. The van der Waals surface area contributed by atoms with Crippen LogP contribution in [-0.4, -0.2) is 34.8 Å². The zero-order valence-electron chi connectivity index (χ0n) is 16.8. The molecule has 1 atom stereocenters. The molecule has 30 heavy (non-hydrogen) atoms. The number of ether oxygens (including phenoxy) is 1. The van der Waals surface area contributed by atoms with Crippen LogP contribution in [0, 0.1) is 5.82 Å². The molecule has 1 heterocycles. The Bertz CT molecular complexity index is 981. The lowest BCUT2D eigenvalue weighted by Crippen LogP contribution is -2.30. The van der Waals surface area contributed by atoms with Gasteiger partial charge in [-0.2, -0.15) is 0 Å². The quantitative estimate of drug-likeness (QED) is 0.299. The number of halogens is 1. The number of likely N-dealkylation sites (tertiary alicyclic amines) is 1. The zero-order chi connectivity index (χ0) is 21.7. The monoisotopic (exact) mass is 409 g/mol. The van der Waals surface area contributed by atoms with Crippen molar-refractivity contribution in [3.8, 4) is 5.75 Å². The van der Waals surface area contributed by atoms with E-state index >= 15 is 0 Å². The standard InChI is InChI=1S/C24H24FNO4/c1-3-5-13-26-21(17-7-6-8-19(15-17)30-14-4-2)20(23(28)24(26)29)22(27)16-9-11-18(25)12-10-16/h4,6-12,15,21,27H,2-3,5,13-14H2,1H3/b22-20-. The van der Waals surface area contributed by atoms with E-state index in [0.717, 1.165) is 6.42 Å². The smallest absolute Gasteiger partial charge is 0.295 e. The van der Waals surface area contributed by atoms with Gasteiger partial charge in [0.2, 0.25) is 0 Å². The van der Waals surface area contributed by atoms with Crippen molar-refractivity contribution in [1.82, 2.24) is 4.90 Å². The molecular weight excluding hydrogens is 385 g/mol. The molecule has 1 aliphatic heterocycles. The van der Waals surface area contributed by atoms with Crippen LogP contribution in [0.4, 0.5) is 4.39 Å². The first-order chi connectivity index (χ1) is 14.5. The van der Waals surface area contributed by atoms with Crippen molar-refractivity contribution in [2.45, 2.75) is 25.8 Å². The van der Waals surface area contributed by atoms with E-state index in [0.29, 0.717) is 30.9 Å². The summed E-state index contributed by atoms with van der Waals surface area (Å²) < 4.78 is 18.9. The van der Waals surface area contributed by atoms with Gasteiger partial charge in [0.1, 0.15) is 23.9 Å². The van der Waals surface area contributed by atoms with Gasteiger partial charge in [-0.1, -0.05) is 38.1 Å². The molecule has 0 aliphatic carbocycles. The summed E-state index contributed by atoms with van der Waals surface area (Å²) in [5.74, 6) is -1.63. The van der Waals surface area contributed by atoms with Crippen molar-refractivity contribution in [1.29, 1.82) is 0 Å². The van der Waals surface area contributed by atoms with Gasteiger partial charge in [0.25, 0.3) is 11.7 Å². The largest absolute Gasteiger partial charge is 0.507 e. The minimum absolute atomic E-state index is 0.0106. The summed E-state index contributed by atoms with van der Waals surface area (Å²) in [6.07, 6.45) is 3.18. The summed E-state index contributed by atoms with van der Waals surface area (Å²) in [5, 5.41) is 10.9. The summed E-state index contributed by atoms with van der Waals surface area (Å²) in [7, 11) is 0. The summed E-state index contributed by atoms with van der Waals surface area (Å²) >= 11 is 0. The Morgan fingerprint density at radius 1 is 1.23 bits per heavy atom. The molecule has 1 unspecified atom stereocenters. The Morgan fingerprint density at radius 3 is 2.63 bits per heavy atom. The predicted octanol–water partition coefficient (Wildman–Crippen LogP) is 4.61. The number of carbonyl (C=O) groups excluding carboxylic acids is 2. The molecule has 0 bridgehead atoms. The Kier molecular flexibility index (Phi) is 6.67. The molecule has 1 amide bonds. The molecule has 2 aromatic rings. The first-order valence-electron chi connectivity index (χ1n) is 9.86. The molecule has 1 aliphatic rings. The molecule has 6 heteroatoms. The van der Waals surface area contributed by atoms with Crippen LogP contribution < -0.4 is 4.74 Å². The van der Waals surface area contributed by atoms with Crippen LogP contribution in [0.5, 0.6) is 5.75 Å². The number of hydrogen-bond donors (Lipinski definition) is 1. The van der Waals surface area contributed by atoms with Crippen LogP contribution in [0.15, 0.2) is 66.8 Å². The van der Waals surface area contributed by atoms with E-state index in [9.17, 15) is 19.1 Å². The van der Waals surface area contributed by atoms with Gasteiger partial charge in [-0.15, -0.1) is 0 Å². The summed E-state index contributed by atoms with van der Waals surface area (Å²) in [6.45, 7) is 6.31. The number of rotatable bonds is 8. The Morgan fingerprint density at radius 2 is 1.97 bits per heavy atom. The lowest BCUT2D eigenvalue weighted by atomic mass is 9.95. The number of Topliss-reactive ketones (excluding diaryl/α,β-unsaturated/α-hetero) is 1. The van der Waals surface area contributed by atoms with E-state index in [1.807, 2.05) is 6.92 Å². The van der Waals surface area contributed by atoms with E-state index in [1.165, 1.54) is 29.2 Å². The number of nitrogens with zero attached hydrogens (tertiary/aromatic N) is 1. The van der Waals surface area contributed by atoms with Crippen LogP contribution in [0.2, 0.25) is 0 Å². The van der Waals surface area contributed by atoms with Crippen LogP contribution in [0.1, 0.15) is 36.9 Å². The topological polar surface area (TPSA) is 66.8 Å². The van der Waals surface area contributed by atoms with Gasteiger partial charge < -0.3 is 14.7 Å². The van der Waals surface area contributed by atoms with Crippen molar-refractivity contribution in [3.05, 3.63) is 83.7 Å². The maximum Gasteiger partial charge on any atom is 0.295 e. The SMILES string of the molecule is C=CCOc1cccc(C2/C(=C(/O)c3ccc(F)cc3)C(=O)C(=O)N2CCCC)c1. The number of aliphatic hydroxyl groups is 1. The molecular formula is C24H24FNO4. The van der Waals surface area contributed by atoms with Crippen LogP contribution in [0.3, 0.4) is 0 Å². The second kappa shape index (κ2) is 9.39. The number of unbranched alkanes of at least 4 members (excludes halogenated alkanes) is 1. The van der Waals surface area contributed by atoms with Gasteiger partial charge in [-0.25, -0.2) is 4.39 Å². The van der Waals surface area contributed by atoms with Crippen LogP contribution >= 0.6 is 0 Å². The maximum atomic E-state index is 13.3. The number of amides is 1. The highest BCUT2D eigenvalue weighted by molar-refractivity contribution is 6.46.